The summed E-state index contributed by atoms with van der Waals surface area (Å²) in [5.41, 5.74) is -1.06. The molecule has 2 aromatic carbocycles. The van der Waals surface area contributed by atoms with Crippen molar-refractivity contribution in [1.29, 1.82) is 5.26 Å². The fourth-order valence-corrected chi connectivity index (χ4v) is 1.85. The van der Waals surface area contributed by atoms with Crippen LogP contribution >= 0.6 is 0 Å². The molecule has 0 spiro atoms. The highest BCUT2D eigenvalue weighted by Crippen LogP contribution is 2.33. The van der Waals surface area contributed by atoms with E-state index in [2.05, 4.69) is 5.32 Å². The molecule has 7 heteroatoms. The maximum Gasteiger partial charge on any atom is 0.416 e. The fraction of sp³-hybridized carbons (Fsp3) is 0.0667. The SMILES string of the molecule is N#Cc1ccc(C(F)(F)F)cc1Nc1ccccc1C(=O)O. The number of carbonyl (C=O) groups is 1. The average molecular weight is 306 g/mol. The number of benzene rings is 2. The lowest BCUT2D eigenvalue weighted by Gasteiger charge is -2.13. The maximum atomic E-state index is 12.7. The second-order valence-electron chi connectivity index (χ2n) is 4.35. The van der Waals surface area contributed by atoms with Gasteiger partial charge in [0.05, 0.1) is 28.1 Å². The molecule has 0 aliphatic carbocycles. The highest BCUT2D eigenvalue weighted by Gasteiger charge is 2.31. The lowest BCUT2D eigenvalue weighted by atomic mass is 10.1. The Morgan fingerprint density at radius 1 is 1.14 bits per heavy atom. The summed E-state index contributed by atoms with van der Waals surface area (Å²) in [6.45, 7) is 0. The summed E-state index contributed by atoms with van der Waals surface area (Å²) >= 11 is 0. The third-order valence-electron chi connectivity index (χ3n) is 2.89. The first-order valence-electron chi connectivity index (χ1n) is 6.03. The molecule has 0 unspecified atom stereocenters. The average Bonchev–Trinajstić information content (AvgIpc) is 2.46. The van der Waals surface area contributed by atoms with Crippen LogP contribution in [0.1, 0.15) is 21.5 Å². The molecule has 0 atom stereocenters. The first-order valence-corrected chi connectivity index (χ1v) is 6.03. The first-order chi connectivity index (χ1) is 10.3. The largest absolute Gasteiger partial charge is 0.478 e. The summed E-state index contributed by atoms with van der Waals surface area (Å²) in [5.74, 6) is -1.23. The lowest BCUT2D eigenvalue weighted by Crippen LogP contribution is -2.07. The number of nitriles is 1. The van der Waals surface area contributed by atoms with E-state index in [0.29, 0.717) is 0 Å². The molecule has 0 amide bonds. The molecule has 2 rings (SSSR count). The van der Waals surface area contributed by atoms with Gasteiger partial charge in [-0.25, -0.2) is 4.79 Å². The number of hydrogen-bond acceptors (Lipinski definition) is 3. The van der Waals surface area contributed by atoms with Gasteiger partial charge in [0.1, 0.15) is 6.07 Å². The first kappa shape index (κ1) is 15.4. The number of para-hydroxylation sites is 1. The van der Waals surface area contributed by atoms with Crippen molar-refractivity contribution < 1.29 is 23.1 Å². The topological polar surface area (TPSA) is 73.1 Å². The number of carboxylic acid groups (broad SMARTS) is 1. The minimum absolute atomic E-state index is 0.0202. The Kier molecular flexibility index (Phi) is 4.04. The summed E-state index contributed by atoms with van der Waals surface area (Å²) in [5, 5.41) is 20.6. The summed E-state index contributed by atoms with van der Waals surface area (Å²) in [4.78, 5) is 11.1. The number of halogens is 3. The van der Waals surface area contributed by atoms with Gasteiger partial charge in [0.25, 0.3) is 0 Å². The number of alkyl halides is 3. The van der Waals surface area contributed by atoms with Crippen LogP contribution in [-0.4, -0.2) is 11.1 Å². The van der Waals surface area contributed by atoms with E-state index in [1.165, 1.54) is 24.3 Å². The molecule has 22 heavy (non-hydrogen) atoms. The summed E-state index contributed by atoms with van der Waals surface area (Å²) in [7, 11) is 0. The van der Waals surface area contributed by atoms with Crippen molar-refractivity contribution in [2.24, 2.45) is 0 Å². The lowest BCUT2D eigenvalue weighted by molar-refractivity contribution is -0.137. The Morgan fingerprint density at radius 2 is 1.82 bits per heavy atom. The fourth-order valence-electron chi connectivity index (χ4n) is 1.85. The zero-order valence-corrected chi connectivity index (χ0v) is 11.0. The zero-order valence-electron chi connectivity index (χ0n) is 11.0. The number of hydrogen-bond donors (Lipinski definition) is 2. The standard InChI is InChI=1S/C15H9F3N2O2/c16-15(17,18)10-6-5-9(8-19)13(7-10)20-12-4-2-1-3-11(12)14(21)22/h1-7,20H,(H,21,22). The van der Waals surface area contributed by atoms with Crippen molar-refractivity contribution in [2.45, 2.75) is 6.18 Å². The Hall–Kier alpha value is -3.01. The van der Waals surface area contributed by atoms with E-state index in [-0.39, 0.29) is 22.5 Å². The normalized spacial score (nSPS) is 10.8. The minimum Gasteiger partial charge on any atom is -0.478 e. The molecule has 0 aliphatic rings. The molecule has 112 valence electrons. The van der Waals surface area contributed by atoms with Gasteiger partial charge in [-0.1, -0.05) is 12.1 Å². The molecule has 0 saturated heterocycles. The Balaban J connectivity index is 2.50. The van der Waals surface area contributed by atoms with Gasteiger partial charge in [-0.3, -0.25) is 0 Å². The second-order valence-corrected chi connectivity index (χ2v) is 4.35. The molecule has 2 N–H and O–H groups in total. The summed E-state index contributed by atoms with van der Waals surface area (Å²) < 4.78 is 38.2. The molecule has 0 aliphatic heterocycles. The summed E-state index contributed by atoms with van der Waals surface area (Å²) in [6, 6.07) is 10.1. The number of aromatic carboxylic acids is 1. The highest BCUT2D eigenvalue weighted by atomic mass is 19.4. The van der Waals surface area contributed by atoms with Crippen LogP contribution in [-0.2, 0) is 6.18 Å². The highest BCUT2D eigenvalue weighted by molar-refractivity contribution is 5.95. The number of nitrogens with one attached hydrogen (secondary N) is 1. The van der Waals surface area contributed by atoms with Crippen molar-refractivity contribution in [3.8, 4) is 6.07 Å². The van der Waals surface area contributed by atoms with E-state index < -0.39 is 17.7 Å². The Labute approximate surface area is 123 Å². The van der Waals surface area contributed by atoms with Gasteiger partial charge in [-0.2, -0.15) is 18.4 Å². The van der Waals surface area contributed by atoms with Crippen molar-refractivity contribution in [3.05, 3.63) is 59.2 Å². The van der Waals surface area contributed by atoms with Gasteiger partial charge in [-0.05, 0) is 30.3 Å². The predicted molar refractivity (Wildman–Crippen MR) is 72.8 cm³/mol. The van der Waals surface area contributed by atoms with E-state index in [1.54, 1.807) is 6.07 Å². The van der Waals surface area contributed by atoms with Crippen molar-refractivity contribution in [2.75, 3.05) is 5.32 Å². The molecule has 0 saturated carbocycles. The van der Waals surface area contributed by atoms with Crippen molar-refractivity contribution >= 4 is 17.3 Å². The van der Waals surface area contributed by atoms with Gasteiger partial charge in [0, 0.05) is 0 Å². The van der Waals surface area contributed by atoms with Crippen LogP contribution in [0.5, 0.6) is 0 Å². The van der Waals surface area contributed by atoms with Crippen LogP contribution in [0.4, 0.5) is 24.5 Å². The molecular weight excluding hydrogens is 297 g/mol. The maximum absolute atomic E-state index is 12.7. The van der Waals surface area contributed by atoms with Crippen LogP contribution in [0.2, 0.25) is 0 Å². The van der Waals surface area contributed by atoms with Crippen LogP contribution in [0.25, 0.3) is 0 Å². The van der Waals surface area contributed by atoms with Gasteiger partial charge >= 0.3 is 12.1 Å². The van der Waals surface area contributed by atoms with Crippen molar-refractivity contribution in [3.63, 3.8) is 0 Å². The number of rotatable bonds is 3. The quantitative estimate of drug-likeness (QED) is 0.898. The summed E-state index contributed by atoms with van der Waals surface area (Å²) in [6.07, 6.45) is -4.56. The molecule has 2 aromatic rings. The van der Waals surface area contributed by atoms with Crippen LogP contribution in [0, 0.1) is 11.3 Å². The van der Waals surface area contributed by atoms with Gasteiger partial charge < -0.3 is 10.4 Å². The minimum atomic E-state index is -4.56. The van der Waals surface area contributed by atoms with E-state index in [0.717, 1.165) is 18.2 Å². The van der Waals surface area contributed by atoms with Crippen molar-refractivity contribution in [1.82, 2.24) is 0 Å². The van der Waals surface area contributed by atoms with E-state index in [4.69, 9.17) is 10.4 Å². The van der Waals surface area contributed by atoms with Crippen LogP contribution in [0.3, 0.4) is 0 Å². The van der Waals surface area contributed by atoms with E-state index in [1.807, 2.05) is 0 Å². The number of carboxylic acids is 1. The number of anilines is 2. The van der Waals surface area contributed by atoms with Gasteiger partial charge in [0.15, 0.2) is 0 Å². The van der Waals surface area contributed by atoms with E-state index >= 15 is 0 Å². The monoisotopic (exact) mass is 306 g/mol. The van der Waals surface area contributed by atoms with Crippen LogP contribution < -0.4 is 5.32 Å². The van der Waals surface area contributed by atoms with Gasteiger partial charge in [0.2, 0.25) is 0 Å². The number of nitrogens with zero attached hydrogens (tertiary/aromatic N) is 1. The zero-order chi connectivity index (χ0) is 16.3. The van der Waals surface area contributed by atoms with Crippen LogP contribution in [0.15, 0.2) is 42.5 Å². The Morgan fingerprint density at radius 3 is 2.41 bits per heavy atom. The smallest absolute Gasteiger partial charge is 0.416 e. The molecule has 0 aromatic heterocycles. The predicted octanol–water partition coefficient (Wildman–Crippen LogP) is 4.02. The molecule has 0 radical (unpaired) electrons. The van der Waals surface area contributed by atoms with Gasteiger partial charge in [-0.15, -0.1) is 0 Å². The van der Waals surface area contributed by atoms with E-state index in [9.17, 15) is 18.0 Å². The molecule has 4 nitrogen and oxygen atoms in total. The molecule has 0 fully saturated rings. The molecule has 0 heterocycles. The Bertz CT molecular complexity index is 764. The third-order valence-corrected chi connectivity index (χ3v) is 2.89. The second kappa shape index (κ2) is 5.77. The molecule has 0 bridgehead atoms. The molecular formula is C15H9F3N2O2. The third kappa shape index (κ3) is 3.17.